The molecule has 0 aromatic carbocycles. The molecule has 1 aliphatic carbocycles. The molecule has 0 aromatic heterocycles. The molecule has 0 saturated heterocycles. The van der Waals surface area contributed by atoms with E-state index in [0.717, 1.165) is 32.2 Å². The zero-order valence-corrected chi connectivity index (χ0v) is 11.4. The van der Waals surface area contributed by atoms with Gasteiger partial charge in [0.1, 0.15) is 0 Å². The predicted molar refractivity (Wildman–Crippen MR) is 71.9 cm³/mol. The first-order valence-corrected chi connectivity index (χ1v) is 6.57. The monoisotopic (exact) mass is 238 g/mol. The van der Waals surface area contributed by atoms with Gasteiger partial charge in [0.25, 0.3) is 0 Å². The number of hydrogen-bond donors (Lipinski definition) is 1. The van der Waals surface area contributed by atoms with Crippen molar-refractivity contribution in [3.63, 3.8) is 0 Å². The Morgan fingerprint density at radius 2 is 2.18 bits per heavy atom. The van der Waals surface area contributed by atoms with E-state index in [1.165, 1.54) is 12.8 Å². The van der Waals surface area contributed by atoms with Gasteiger partial charge in [0.15, 0.2) is 0 Å². The van der Waals surface area contributed by atoms with Crippen molar-refractivity contribution in [2.75, 3.05) is 33.4 Å². The van der Waals surface area contributed by atoms with E-state index in [-0.39, 0.29) is 0 Å². The first-order chi connectivity index (χ1) is 8.17. The summed E-state index contributed by atoms with van der Waals surface area (Å²) in [5, 5.41) is 3.47. The Morgan fingerprint density at radius 1 is 1.47 bits per heavy atom. The van der Waals surface area contributed by atoms with Crippen molar-refractivity contribution in [3.05, 3.63) is 0 Å². The second-order valence-electron chi connectivity index (χ2n) is 5.25. The average molecular weight is 238 g/mol. The standard InChI is InChI=1S/C14H26N2O/c1-5-8-16(10-13-6-7-13)14(11-17-4)9-15-12(2)3/h1,12-15H,6-11H2,2-4H3. The Labute approximate surface area is 106 Å². The van der Waals surface area contributed by atoms with Gasteiger partial charge in [0.2, 0.25) is 0 Å². The van der Waals surface area contributed by atoms with Crippen LogP contribution in [-0.4, -0.2) is 50.3 Å². The Hall–Kier alpha value is -0.560. The highest BCUT2D eigenvalue weighted by Gasteiger charge is 2.27. The van der Waals surface area contributed by atoms with E-state index in [2.05, 4.69) is 30.0 Å². The molecule has 1 rings (SSSR count). The maximum Gasteiger partial charge on any atom is 0.0630 e. The molecule has 3 nitrogen and oxygen atoms in total. The zero-order valence-electron chi connectivity index (χ0n) is 11.4. The van der Waals surface area contributed by atoms with Crippen molar-refractivity contribution >= 4 is 0 Å². The first kappa shape index (κ1) is 14.5. The van der Waals surface area contributed by atoms with Gasteiger partial charge in [-0.2, -0.15) is 0 Å². The van der Waals surface area contributed by atoms with Gasteiger partial charge in [0.05, 0.1) is 13.2 Å². The number of terminal acetylenes is 1. The van der Waals surface area contributed by atoms with Crippen LogP contribution in [-0.2, 0) is 4.74 Å². The fourth-order valence-electron chi connectivity index (χ4n) is 1.95. The predicted octanol–water partition coefficient (Wildman–Crippen LogP) is 1.34. The summed E-state index contributed by atoms with van der Waals surface area (Å²) in [6, 6.07) is 0.891. The van der Waals surface area contributed by atoms with E-state index in [0.29, 0.717) is 12.1 Å². The van der Waals surface area contributed by atoms with Crippen LogP contribution in [0.3, 0.4) is 0 Å². The molecule has 0 radical (unpaired) electrons. The van der Waals surface area contributed by atoms with Gasteiger partial charge < -0.3 is 10.1 Å². The highest BCUT2D eigenvalue weighted by molar-refractivity contribution is 4.93. The third-order valence-electron chi connectivity index (χ3n) is 3.12. The number of ether oxygens (including phenoxy) is 1. The summed E-state index contributed by atoms with van der Waals surface area (Å²) in [6.45, 7) is 7.86. The number of rotatable bonds is 9. The topological polar surface area (TPSA) is 24.5 Å². The van der Waals surface area contributed by atoms with E-state index in [1.54, 1.807) is 7.11 Å². The van der Waals surface area contributed by atoms with E-state index < -0.39 is 0 Å². The molecule has 1 fully saturated rings. The van der Waals surface area contributed by atoms with E-state index in [9.17, 15) is 0 Å². The molecule has 0 spiro atoms. The highest BCUT2D eigenvalue weighted by Crippen LogP contribution is 2.30. The fourth-order valence-corrected chi connectivity index (χ4v) is 1.95. The van der Waals surface area contributed by atoms with Crippen molar-refractivity contribution in [3.8, 4) is 12.3 Å². The second-order valence-corrected chi connectivity index (χ2v) is 5.25. The minimum atomic E-state index is 0.388. The summed E-state index contributed by atoms with van der Waals surface area (Å²) >= 11 is 0. The molecule has 17 heavy (non-hydrogen) atoms. The van der Waals surface area contributed by atoms with Crippen LogP contribution >= 0.6 is 0 Å². The van der Waals surface area contributed by atoms with Gasteiger partial charge in [0, 0.05) is 32.3 Å². The van der Waals surface area contributed by atoms with Crippen molar-refractivity contribution < 1.29 is 4.74 Å². The molecule has 0 aliphatic heterocycles. The van der Waals surface area contributed by atoms with Crippen LogP contribution in [0.15, 0.2) is 0 Å². The molecule has 1 saturated carbocycles. The lowest BCUT2D eigenvalue weighted by molar-refractivity contribution is 0.0935. The molecule has 3 heteroatoms. The molecule has 0 amide bonds. The first-order valence-electron chi connectivity index (χ1n) is 6.57. The highest BCUT2D eigenvalue weighted by atomic mass is 16.5. The van der Waals surface area contributed by atoms with Crippen LogP contribution in [0.4, 0.5) is 0 Å². The molecule has 1 aliphatic rings. The molecule has 0 aromatic rings. The summed E-state index contributed by atoms with van der Waals surface area (Å²) in [7, 11) is 1.76. The summed E-state index contributed by atoms with van der Waals surface area (Å²) in [6.07, 6.45) is 8.18. The van der Waals surface area contributed by atoms with Gasteiger partial charge in [-0.05, 0) is 18.8 Å². The Bertz CT molecular complexity index is 243. The summed E-state index contributed by atoms with van der Waals surface area (Å²) < 4.78 is 5.32. The minimum absolute atomic E-state index is 0.388. The normalized spacial score (nSPS) is 17.4. The summed E-state index contributed by atoms with van der Waals surface area (Å²) in [4.78, 5) is 2.39. The number of methoxy groups -OCH3 is 1. The molecule has 0 heterocycles. The van der Waals surface area contributed by atoms with Gasteiger partial charge >= 0.3 is 0 Å². The van der Waals surface area contributed by atoms with Crippen LogP contribution < -0.4 is 5.32 Å². The number of nitrogens with one attached hydrogen (secondary N) is 1. The fraction of sp³-hybridized carbons (Fsp3) is 0.857. The SMILES string of the molecule is C#CCN(CC1CC1)C(CNC(C)C)COC. The summed E-state index contributed by atoms with van der Waals surface area (Å²) in [5.74, 6) is 3.63. The molecule has 0 bridgehead atoms. The molecular formula is C14H26N2O. The number of hydrogen-bond acceptors (Lipinski definition) is 3. The average Bonchev–Trinajstić information content (AvgIpc) is 3.07. The maximum atomic E-state index is 5.46. The van der Waals surface area contributed by atoms with Crippen LogP contribution in [0, 0.1) is 18.3 Å². The van der Waals surface area contributed by atoms with Crippen molar-refractivity contribution in [1.29, 1.82) is 0 Å². The zero-order chi connectivity index (χ0) is 12.7. The molecule has 1 atom stereocenters. The van der Waals surface area contributed by atoms with E-state index in [1.807, 2.05) is 0 Å². The van der Waals surface area contributed by atoms with Crippen LogP contribution in [0.5, 0.6) is 0 Å². The van der Waals surface area contributed by atoms with Crippen LogP contribution in [0.1, 0.15) is 26.7 Å². The van der Waals surface area contributed by atoms with Crippen LogP contribution in [0.25, 0.3) is 0 Å². The third-order valence-corrected chi connectivity index (χ3v) is 3.12. The minimum Gasteiger partial charge on any atom is -0.383 e. The lowest BCUT2D eigenvalue weighted by Crippen LogP contribution is -2.47. The summed E-state index contributed by atoms with van der Waals surface area (Å²) in [5.41, 5.74) is 0. The molecular weight excluding hydrogens is 212 g/mol. The van der Waals surface area contributed by atoms with Gasteiger partial charge in [-0.15, -0.1) is 6.42 Å². The Balaban J connectivity index is 2.45. The second kappa shape index (κ2) is 7.71. The third kappa shape index (κ3) is 6.07. The maximum absolute atomic E-state index is 5.46. The number of nitrogens with zero attached hydrogens (tertiary/aromatic N) is 1. The van der Waals surface area contributed by atoms with Gasteiger partial charge in [-0.3, -0.25) is 4.90 Å². The van der Waals surface area contributed by atoms with E-state index >= 15 is 0 Å². The van der Waals surface area contributed by atoms with Crippen molar-refractivity contribution in [2.45, 2.75) is 38.8 Å². The van der Waals surface area contributed by atoms with E-state index in [4.69, 9.17) is 11.2 Å². The van der Waals surface area contributed by atoms with Gasteiger partial charge in [-0.1, -0.05) is 19.8 Å². The Kier molecular flexibility index (Phi) is 6.57. The molecule has 98 valence electrons. The lowest BCUT2D eigenvalue weighted by atomic mass is 10.2. The quantitative estimate of drug-likeness (QED) is 0.614. The van der Waals surface area contributed by atoms with Crippen molar-refractivity contribution in [2.24, 2.45) is 5.92 Å². The van der Waals surface area contributed by atoms with Crippen molar-refractivity contribution in [1.82, 2.24) is 10.2 Å². The largest absolute Gasteiger partial charge is 0.383 e. The smallest absolute Gasteiger partial charge is 0.0630 e. The molecule has 1 unspecified atom stereocenters. The lowest BCUT2D eigenvalue weighted by Gasteiger charge is -2.30. The van der Waals surface area contributed by atoms with Crippen LogP contribution in [0.2, 0.25) is 0 Å². The van der Waals surface area contributed by atoms with Gasteiger partial charge in [-0.25, -0.2) is 0 Å². The Morgan fingerprint density at radius 3 is 2.65 bits per heavy atom. The molecule has 1 N–H and O–H groups in total.